The van der Waals surface area contributed by atoms with Crippen LogP contribution in [0.25, 0.3) is 0 Å². The Balaban J connectivity index is 2.56. The van der Waals surface area contributed by atoms with Gasteiger partial charge in [0.25, 0.3) is 0 Å². The first-order valence-electron chi connectivity index (χ1n) is 8.30. The van der Waals surface area contributed by atoms with Crippen molar-refractivity contribution < 1.29 is 44.6 Å². The lowest BCUT2D eigenvalue weighted by molar-refractivity contribution is -0.261. The number of hydrogen-bond acceptors (Lipinski definition) is 3. The van der Waals surface area contributed by atoms with E-state index in [4.69, 9.17) is 17.3 Å². The van der Waals surface area contributed by atoms with Crippen molar-refractivity contribution in [1.29, 1.82) is 0 Å². The average Bonchev–Trinajstić information content (AvgIpc) is 2.63. The monoisotopic (exact) mass is 480 g/mol. The smallest absolute Gasteiger partial charge is 0.381 e. The van der Waals surface area contributed by atoms with E-state index in [-0.39, 0.29) is 35.5 Å². The number of benzene rings is 2. The van der Waals surface area contributed by atoms with E-state index in [9.17, 15) is 44.6 Å². The molecule has 0 aliphatic heterocycles. The molecule has 0 aromatic heterocycles. The molecule has 0 saturated heterocycles. The van der Waals surface area contributed by atoms with Crippen molar-refractivity contribution in [1.82, 2.24) is 0 Å². The van der Waals surface area contributed by atoms with Crippen LogP contribution in [0, 0.1) is 0 Å². The maximum Gasteiger partial charge on any atom is 0.423 e. The Bertz CT molecular complexity index is 909. The van der Waals surface area contributed by atoms with E-state index in [1.54, 1.807) is 0 Å². The second kappa shape index (κ2) is 8.40. The highest BCUT2D eigenvalue weighted by atomic mass is 35.5. The fraction of sp³-hybridized carbons (Fsp3) is 0.333. The SMILES string of the molecule is NCc1ccc(NC[C@](O)(c2cc(C(F)(F)F)cc(C(F)(F)F)c2)C(F)(F)F)cc1Cl. The maximum atomic E-state index is 13.7. The molecule has 0 aliphatic rings. The van der Waals surface area contributed by atoms with Crippen LogP contribution in [0.3, 0.4) is 0 Å². The van der Waals surface area contributed by atoms with Crippen molar-refractivity contribution in [2.75, 3.05) is 11.9 Å². The van der Waals surface area contributed by atoms with E-state index in [0.29, 0.717) is 5.56 Å². The Labute approximate surface area is 174 Å². The van der Waals surface area contributed by atoms with Crippen LogP contribution in [0.15, 0.2) is 36.4 Å². The highest BCUT2D eigenvalue weighted by Gasteiger charge is 2.56. The number of nitrogens with one attached hydrogen (secondary N) is 1. The third-order valence-corrected chi connectivity index (χ3v) is 4.71. The van der Waals surface area contributed by atoms with Crippen molar-refractivity contribution in [2.45, 2.75) is 30.7 Å². The maximum absolute atomic E-state index is 13.7. The highest BCUT2D eigenvalue weighted by molar-refractivity contribution is 6.31. The quantitative estimate of drug-likeness (QED) is 0.481. The van der Waals surface area contributed by atoms with Gasteiger partial charge in [-0.25, -0.2) is 0 Å². The minimum absolute atomic E-state index is 0.00998. The van der Waals surface area contributed by atoms with Crippen molar-refractivity contribution >= 4 is 17.3 Å². The Morgan fingerprint density at radius 3 is 1.68 bits per heavy atom. The molecule has 2 aromatic carbocycles. The minimum Gasteiger partial charge on any atom is -0.381 e. The molecule has 0 spiro atoms. The molecule has 0 heterocycles. The van der Waals surface area contributed by atoms with Crippen molar-refractivity contribution in [3.8, 4) is 0 Å². The third kappa shape index (κ3) is 5.55. The fourth-order valence-corrected chi connectivity index (χ4v) is 2.87. The molecule has 1 atom stereocenters. The van der Waals surface area contributed by atoms with Gasteiger partial charge in [0.05, 0.1) is 17.7 Å². The van der Waals surface area contributed by atoms with Gasteiger partial charge in [0, 0.05) is 17.3 Å². The van der Waals surface area contributed by atoms with Crippen molar-refractivity contribution in [2.24, 2.45) is 5.73 Å². The predicted molar refractivity (Wildman–Crippen MR) is 94.2 cm³/mol. The molecule has 0 fully saturated rings. The van der Waals surface area contributed by atoms with Gasteiger partial charge < -0.3 is 16.2 Å². The highest BCUT2D eigenvalue weighted by Crippen LogP contribution is 2.44. The lowest BCUT2D eigenvalue weighted by Gasteiger charge is -2.32. The Morgan fingerprint density at radius 1 is 0.806 bits per heavy atom. The minimum atomic E-state index is -5.63. The summed E-state index contributed by atoms with van der Waals surface area (Å²) in [6.45, 7) is -1.48. The molecule has 2 aromatic rings. The Morgan fingerprint density at radius 2 is 1.29 bits per heavy atom. The number of rotatable bonds is 5. The summed E-state index contributed by atoms with van der Waals surface area (Å²) < 4.78 is 119. The standard InChI is InChI=1S/C18H14ClF9N2O/c19-14-6-13(2-1-9(14)7-29)30-8-15(31,18(26,27)28)10-3-11(16(20,21)22)5-12(4-10)17(23,24)25/h1-6,30-31H,7-8,29H2/t15-/m0/s1. The van der Waals surface area contributed by atoms with Gasteiger partial charge in [-0.15, -0.1) is 0 Å². The molecule has 0 radical (unpaired) electrons. The second-order valence-corrected chi connectivity index (χ2v) is 6.92. The summed E-state index contributed by atoms with van der Waals surface area (Å²) in [4.78, 5) is 0. The molecule has 4 N–H and O–H groups in total. The first-order valence-corrected chi connectivity index (χ1v) is 8.68. The fourth-order valence-electron chi connectivity index (χ4n) is 2.61. The molecular formula is C18H14ClF9N2O. The third-order valence-electron chi connectivity index (χ3n) is 4.36. The Kier molecular flexibility index (Phi) is 6.79. The molecule has 0 bridgehead atoms. The zero-order chi connectivity index (χ0) is 23.8. The van der Waals surface area contributed by atoms with Crippen LogP contribution >= 0.6 is 11.6 Å². The second-order valence-electron chi connectivity index (χ2n) is 6.52. The van der Waals surface area contributed by atoms with Gasteiger partial charge in [-0.1, -0.05) is 17.7 Å². The molecule has 2 rings (SSSR count). The largest absolute Gasteiger partial charge is 0.423 e. The molecule has 0 amide bonds. The van der Waals surface area contributed by atoms with Crippen LogP contribution in [0.4, 0.5) is 45.2 Å². The number of nitrogens with two attached hydrogens (primary N) is 1. The van der Waals surface area contributed by atoms with Crippen LogP contribution < -0.4 is 11.1 Å². The normalized spacial score (nSPS) is 15.0. The van der Waals surface area contributed by atoms with Crippen LogP contribution in [0.5, 0.6) is 0 Å². The predicted octanol–water partition coefficient (Wildman–Crippen LogP) is 5.70. The number of alkyl halides is 9. The summed E-state index contributed by atoms with van der Waals surface area (Å²) in [5, 5.41) is 12.5. The van der Waals surface area contributed by atoms with E-state index in [1.807, 2.05) is 0 Å². The summed E-state index contributed by atoms with van der Waals surface area (Å²) >= 11 is 5.87. The van der Waals surface area contributed by atoms with Gasteiger partial charge in [-0.3, -0.25) is 0 Å². The van der Waals surface area contributed by atoms with Crippen LogP contribution in [0.1, 0.15) is 22.3 Å². The molecule has 0 unspecified atom stereocenters. The number of anilines is 1. The van der Waals surface area contributed by atoms with Crippen molar-refractivity contribution in [3.05, 3.63) is 63.7 Å². The first-order chi connectivity index (χ1) is 14.0. The number of halogens is 10. The first kappa shape index (κ1) is 25.1. The molecule has 31 heavy (non-hydrogen) atoms. The zero-order valence-electron chi connectivity index (χ0n) is 15.2. The Hall–Kier alpha value is -2.18. The summed E-state index contributed by atoms with van der Waals surface area (Å²) in [5.41, 5.74) is -3.94. The zero-order valence-corrected chi connectivity index (χ0v) is 15.9. The summed E-state index contributed by atoms with van der Waals surface area (Å²) in [6, 6.07) is 3.05. The van der Waals surface area contributed by atoms with Crippen LogP contribution in [0.2, 0.25) is 5.02 Å². The molecule has 0 saturated carbocycles. The van der Waals surface area contributed by atoms with Gasteiger partial charge in [-0.2, -0.15) is 39.5 Å². The van der Waals surface area contributed by atoms with Gasteiger partial charge in [0.1, 0.15) is 0 Å². The molecule has 172 valence electrons. The molecule has 13 heteroatoms. The number of hydrogen-bond donors (Lipinski definition) is 3. The van der Waals surface area contributed by atoms with Crippen molar-refractivity contribution in [3.63, 3.8) is 0 Å². The van der Waals surface area contributed by atoms with E-state index < -0.39 is 47.4 Å². The van der Waals surface area contributed by atoms with E-state index in [0.717, 1.165) is 6.07 Å². The lowest BCUT2D eigenvalue weighted by Crippen LogP contribution is -2.48. The summed E-state index contributed by atoms with van der Waals surface area (Å²) in [5.74, 6) is 0. The van der Waals surface area contributed by atoms with Gasteiger partial charge >= 0.3 is 18.5 Å². The summed E-state index contributed by atoms with van der Waals surface area (Å²) in [6.07, 6.45) is -16.4. The van der Waals surface area contributed by atoms with Gasteiger partial charge in [0.15, 0.2) is 0 Å². The molecule has 3 nitrogen and oxygen atoms in total. The van der Waals surface area contributed by atoms with Crippen LogP contribution in [-0.2, 0) is 24.5 Å². The average molecular weight is 481 g/mol. The van der Waals surface area contributed by atoms with E-state index in [2.05, 4.69) is 5.32 Å². The topological polar surface area (TPSA) is 58.3 Å². The van der Waals surface area contributed by atoms with Gasteiger partial charge in [0.2, 0.25) is 5.60 Å². The lowest BCUT2D eigenvalue weighted by atomic mass is 9.89. The number of aliphatic hydroxyl groups is 1. The molecular weight excluding hydrogens is 467 g/mol. The van der Waals surface area contributed by atoms with E-state index >= 15 is 0 Å². The van der Waals surface area contributed by atoms with E-state index in [1.165, 1.54) is 12.1 Å². The van der Waals surface area contributed by atoms with Crippen LogP contribution in [-0.4, -0.2) is 17.8 Å². The van der Waals surface area contributed by atoms with Gasteiger partial charge in [-0.05, 0) is 41.5 Å². The summed E-state index contributed by atoms with van der Waals surface area (Å²) in [7, 11) is 0. The molecule has 0 aliphatic carbocycles.